The largest absolute Gasteiger partial charge is 0.373 e. The Balaban J connectivity index is 1.44. The first kappa shape index (κ1) is 18.3. The van der Waals surface area contributed by atoms with Crippen LogP contribution >= 0.6 is 0 Å². The number of amides is 1. The van der Waals surface area contributed by atoms with Crippen molar-refractivity contribution in [2.24, 2.45) is 5.92 Å². The standard InChI is InChI=1S/C20H29FN2O2/c1-15-12-22(13-16(2)25-15)14-17-6-8-23(9-7-17)20(24)11-18-4-3-5-19(21)10-18/h3-5,10,15-17H,6-9,11-14H2,1-2H3/t15-,16+. The topological polar surface area (TPSA) is 32.8 Å². The minimum absolute atomic E-state index is 0.109. The quantitative estimate of drug-likeness (QED) is 0.839. The molecule has 0 radical (unpaired) electrons. The van der Waals surface area contributed by atoms with Gasteiger partial charge >= 0.3 is 0 Å². The Labute approximate surface area is 149 Å². The van der Waals surface area contributed by atoms with Gasteiger partial charge in [0, 0.05) is 32.7 Å². The molecule has 0 saturated carbocycles. The number of ether oxygens (including phenoxy) is 1. The summed E-state index contributed by atoms with van der Waals surface area (Å²) in [6.45, 7) is 9.01. The second kappa shape index (κ2) is 8.28. The van der Waals surface area contributed by atoms with E-state index in [9.17, 15) is 9.18 Å². The van der Waals surface area contributed by atoms with E-state index in [1.54, 1.807) is 6.07 Å². The van der Waals surface area contributed by atoms with Crippen LogP contribution in [0.1, 0.15) is 32.3 Å². The lowest BCUT2D eigenvalue weighted by Crippen LogP contribution is -2.48. The zero-order valence-electron chi connectivity index (χ0n) is 15.3. The fourth-order valence-corrected chi connectivity index (χ4v) is 4.10. The molecular formula is C20H29FN2O2. The van der Waals surface area contributed by atoms with E-state index in [0.29, 0.717) is 24.5 Å². The molecule has 0 unspecified atom stereocenters. The predicted molar refractivity (Wildman–Crippen MR) is 95.9 cm³/mol. The second-order valence-corrected chi connectivity index (χ2v) is 7.61. The van der Waals surface area contributed by atoms with Crippen LogP contribution in [-0.2, 0) is 16.0 Å². The first-order valence-electron chi connectivity index (χ1n) is 9.39. The lowest BCUT2D eigenvalue weighted by Gasteiger charge is -2.39. The number of carbonyl (C=O) groups is 1. The maximum Gasteiger partial charge on any atom is 0.226 e. The zero-order valence-corrected chi connectivity index (χ0v) is 15.3. The van der Waals surface area contributed by atoms with Gasteiger partial charge in [0.15, 0.2) is 0 Å². The van der Waals surface area contributed by atoms with Crippen LogP contribution in [0.5, 0.6) is 0 Å². The normalized spacial score (nSPS) is 26.0. The monoisotopic (exact) mass is 348 g/mol. The molecule has 0 N–H and O–H groups in total. The van der Waals surface area contributed by atoms with E-state index < -0.39 is 0 Å². The minimum atomic E-state index is -0.280. The number of likely N-dealkylation sites (tertiary alicyclic amines) is 1. The van der Waals surface area contributed by atoms with Crippen molar-refractivity contribution in [3.8, 4) is 0 Å². The van der Waals surface area contributed by atoms with Crippen molar-refractivity contribution in [3.05, 3.63) is 35.6 Å². The molecule has 2 aliphatic heterocycles. The number of piperidine rings is 1. The fraction of sp³-hybridized carbons (Fsp3) is 0.650. The lowest BCUT2D eigenvalue weighted by atomic mass is 9.95. The second-order valence-electron chi connectivity index (χ2n) is 7.61. The van der Waals surface area contributed by atoms with E-state index in [2.05, 4.69) is 18.7 Å². The number of benzene rings is 1. The number of rotatable bonds is 4. The van der Waals surface area contributed by atoms with Gasteiger partial charge in [-0.25, -0.2) is 4.39 Å². The maximum absolute atomic E-state index is 13.3. The van der Waals surface area contributed by atoms with Gasteiger partial charge in [-0.2, -0.15) is 0 Å². The van der Waals surface area contributed by atoms with Crippen molar-refractivity contribution >= 4 is 5.91 Å². The summed E-state index contributed by atoms with van der Waals surface area (Å²) < 4.78 is 19.0. The summed E-state index contributed by atoms with van der Waals surface area (Å²) in [6.07, 6.45) is 3.00. The predicted octanol–water partition coefficient (Wildman–Crippen LogP) is 2.72. The minimum Gasteiger partial charge on any atom is -0.373 e. The molecule has 2 atom stereocenters. The molecule has 4 nitrogen and oxygen atoms in total. The third-order valence-corrected chi connectivity index (χ3v) is 5.22. The highest BCUT2D eigenvalue weighted by Crippen LogP contribution is 2.21. The third-order valence-electron chi connectivity index (χ3n) is 5.22. The fourth-order valence-electron chi connectivity index (χ4n) is 4.10. The molecule has 2 aliphatic rings. The molecule has 1 aromatic rings. The number of hydrogen-bond donors (Lipinski definition) is 0. The molecular weight excluding hydrogens is 319 g/mol. The number of nitrogens with zero attached hydrogens (tertiary/aromatic N) is 2. The number of hydrogen-bond acceptors (Lipinski definition) is 3. The molecule has 138 valence electrons. The molecule has 5 heteroatoms. The van der Waals surface area contributed by atoms with Crippen molar-refractivity contribution < 1.29 is 13.9 Å². The van der Waals surface area contributed by atoms with Gasteiger partial charge in [-0.15, -0.1) is 0 Å². The van der Waals surface area contributed by atoms with E-state index in [1.165, 1.54) is 12.1 Å². The SMILES string of the molecule is C[C@@H]1CN(CC2CCN(C(=O)Cc3cccc(F)c3)CC2)C[C@H](C)O1. The van der Waals surface area contributed by atoms with Crippen LogP contribution < -0.4 is 0 Å². The maximum atomic E-state index is 13.3. The van der Waals surface area contributed by atoms with E-state index in [0.717, 1.165) is 51.1 Å². The van der Waals surface area contributed by atoms with Crippen molar-refractivity contribution in [1.29, 1.82) is 0 Å². The molecule has 0 spiro atoms. The van der Waals surface area contributed by atoms with Gasteiger partial charge in [0.05, 0.1) is 18.6 Å². The Kier molecular flexibility index (Phi) is 6.07. The molecule has 2 fully saturated rings. The zero-order chi connectivity index (χ0) is 17.8. The van der Waals surface area contributed by atoms with E-state index in [1.807, 2.05) is 11.0 Å². The number of halogens is 1. The van der Waals surface area contributed by atoms with Crippen molar-refractivity contribution in [2.45, 2.75) is 45.3 Å². The Morgan fingerprint density at radius 3 is 2.52 bits per heavy atom. The molecule has 0 bridgehead atoms. The van der Waals surface area contributed by atoms with Gasteiger partial charge < -0.3 is 9.64 Å². The van der Waals surface area contributed by atoms with E-state index in [-0.39, 0.29) is 11.7 Å². The molecule has 25 heavy (non-hydrogen) atoms. The van der Waals surface area contributed by atoms with Crippen LogP contribution in [0.2, 0.25) is 0 Å². The van der Waals surface area contributed by atoms with Crippen molar-refractivity contribution in [2.75, 3.05) is 32.7 Å². The first-order chi connectivity index (χ1) is 12.0. The van der Waals surface area contributed by atoms with Crippen LogP contribution in [0.25, 0.3) is 0 Å². The average Bonchev–Trinajstić information content (AvgIpc) is 2.54. The summed E-state index contributed by atoms with van der Waals surface area (Å²) in [5.41, 5.74) is 0.753. The highest BCUT2D eigenvalue weighted by atomic mass is 19.1. The van der Waals surface area contributed by atoms with E-state index in [4.69, 9.17) is 4.74 Å². The van der Waals surface area contributed by atoms with Gasteiger partial charge in [-0.05, 0) is 50.3 Å². The van der Waals surface area contributed by atoms with Crippen LogP contribution in [0, 0.1) is 11.7 Å². The highest BCUT2D eigenvalue weighted by Gasteiger charge is 2.27. The van der Waals surface area contributed by atoms with Crippen LogP contribution in [0.15, 0.2) is 24.3 Å². The summed E-state index contributed by atoms with van der Waals surface area (Å²) in [5, 5.41) is 0. The summed E-state index contributed by atoms with van der Waals surface area (Å²) in [6, 6.07) is 6.33. The third kappa shape index (κ3) is 5.25. The van der Waals surface area contributed by atoms with Gasteiger partial charge in [0.1, 0.15) is 5.82 Å². The lowest BCUT2D eigenvalue weighted by molar-refractivity contribution is -0.132. The summed E-state index contributed by atoms with van der Waals surface area (Å²) in [4.78, 5) is 16.9. The Morgan fingerprint density at radius 1 is 1.20 bits per heavy atom. The van der Waals surface area contributed by atoms with Crippen LogP contribution in [-0.4, -0.2) is 60.6 Å². The molecule has 2 heterocycles. The Bertz CT molecular complexity index is 577. The number of morpholine rings is 1. The summed E-state index contributed by atoms with van der Waals surface area (Å²) >= 11 is 0. The molecule has 3 rings (SSSR count). The summed E-state index contributed by atoms with van der Waals surface area (Å²) in [5.74, 6) is 0.478. The van der Waals surface area contributed by atoms with Gasteiger partial charge in [-0.3, -0.25) is 9.69 Å². The van der Waals surface area contributed by atoms with E-state index >= 15 is 0 Å². The van der Waals surface area contributed by atoms with Gasteiger partial charge in [-0.1, -0.05) is 12.1 Å². The Morgan fingerprint density at radius 2 is 1.88 bits per heavy atom. The Hall–Kier alpha value is -1.46. The smallest absolute Gasteiger partial charge is 0.226 e. The average molecular weight is 348 g/mol. The highest BCUT2D eigenvalue weighted by molar-refractivity contribution is 5.78. The molecule has 1 aromatic carbocycles. The summed E-state index contributed by atoms with van der Waals surface area (Å²) in [7, 11) is 0. The van der Waals surface area contributed by atoms with Gasteiger partial charge in [0.25, 0.3) is 0 Å². The molecule has 0 aromatic heterocycles. The van der Waals surface area contributed by atoms with Crippen LogP contribution in [0.4, 0.5) is 4.39 Å². The van der Waals surface area contributed by atoms with Crippen molar-refractivity contribution in [3.63, 3.8) is 0 Å². The first-order valence-corrected chi connectivity index (χ1v) is 9.39. The van der Waals surface area contributed by atoms with Gasteiger partial charge in [0.2, 0.25) is 5.91 Å². The molecule has 1 amide bonds. The molecule has 2 saturated heterocycles. The number of carbonyl (C=O) groups excluding carboxylic acids is 1. The van der Waals surface area contributed by atoms with Crippen LogP contribution in [0.3, 0.4) is 0 Å². The van der Waals surface area contributed by atoms with Crippen molar-refractivity contribution in [1.82, 2.24) is 9.80 Å². The molecule has 0 aliphatic carbocycles.